The van der Waals surface area contributed by atoms with Crippen molar-refractivity contribution in [2.45, 2.75) is 63.6 Å². The maximum Gasteiger partial charge on any atom is 0.339 e. The van der Waals surface area contributed by atoms with Gasteiger partial charge in [0.25, 0.3) is 5.69 Å². The third-order valence-electron chi connectivity index (χ3n) is 6.72. The molecule has 32 heavy (non-hydrogen) atoms. The van der Waals surface area contributed by atoms with E-state index in [0.29, 0.717) is 11.6 Å². The maximum atomic E-state index is 13.0. The summed E-state index contributed by atoms with van der Waals surface area (Å²) in [6.07, 6.45) is 5.21. The van der Waals surface area contributed by atoms with Crippen molar-refractivity contribution >= 4 is 11.7 Å². The van der Waals surface area contributed by atoms with Gasteiger partial charge in [0.2, 0.25) is 0 Å². The maximum absolute atomic E-state index is 13.0. The van der Waals surface area contributed by atoms with Crippen LogP contribution in [0.25, 0.3) is 11.1 Å². The lowest BCUT2D eigenvalue weighted by Crippen LogP contribution is -2.21. The molecule has 1 heterocycles. The van der Waals surface area contributed by atoms with Crippen molar-refractivity contribution in [3.05, 3.63) is 51.4 Å². The summed E-state index contributed by atoms with van der Waals surface area (Å²) in [4.78, 5) is 25.5. The highest BCUT2D eigenvalue weighted by atomic mass is 16.6. The van der Waals surface area contributed by atoms with E-state index in [1.54, 1.807) is 0 Å². The minimum absolute atomic E-state index is 0.0568. The van der Waals surface area contributed by atoms with Gasteiger partial charge in [0.1, 0.15) is 5.75 Å². The highest BCUT2D eigenvalue weighted by Gasteiger charge is 2.39. The highest BCUT2D eigenvalue weighted by molar-refractivity contribution is 5.86. The first-order valence-electron chi connectivity index (χ1n) is 11.6. The van der Waals surface area contributed by atoms with Crippen LogP contribution in [0.1, 0.15) is 66.4 Å². The van der Waals surface area contributed by atoms with E-state index < -0.39 is 12.1 Å². The Morgan fingerprint density at radius 2 is 1.97 bits per heavy atom. The van der Waals surface area contributed by atoms with E-state index in [1.165, 1.54) is 19.7 Å². The number of carbonyl (C=O) groups excluding carboxylic acids is 1. The molecule has 6 heteroatoms. The van der Waals surface area contributed by atoms with Crippen LogP contribution >= 0.6 is 0 Å². The first-order valence-corrected chi connectivity index (χ1v) is 11.6. The molecule has 0 aromatic heterocycles. The third-order valence-corrected chi connectivity index (χ3v) is 6.72. The first-order chi connectivity index (χ1) is 15.5. The van der Waals surface area contributed by atoms with Gasteiger partial charge in [0.05, 0.1) is 19.8 Å². The van der Waals surface area contributed by atoms with Crippen molar-refractivity contribution < 1.29 is 23.8 Å². The van der Waals surface area contributed by atoms with Crippen molar-refractivity contribution in [2.24, 2.45) is 0 Å². The molecule has 1 unspecified atom stereocenters. The molecule has 0 bridgehead atoms. The summed E-state index contributed by atoms with van der Waals surface area (Å²) < 4.78 is 18.1. The SMILES string of the molecule is COC(=O)C(OC1CC1)c1c(C)c([N+](C)=O)cc(C2CC2)c1-c1ccc2c(c1)CCCO2. The van der Waals surface area contributed by atoms with Gasteiger partial charge < -0.3 is 14.2 Å². The van der Waals surface area contributed by atoms with E-state index in [-0.39, 0.29) is 6.10 Å². The number of rotatable bonds is 7. The fourth-order valence-electron chi connectivity index (χ4n) is 4.76. The Bertz CT molecular complexity index is 1080. The smallest absolute Gasteiger partial charge is 0.339 e. The zero-order valence-corrected chi connectivity index (χ0v) is 19.0. The molecule has 0 radical (unpaired) electrons. The molecule has 0 amide bonds. The van der Waals surface area contributed by atoms with Crippen molar-refractivity contribution in [2.75, 3.05) is 20.8 Å². The molecule has 168 valence electrons. The number of nitrogens with zero attached hydrogens (tertiary/aromatic N) is 1. The molecule has 2 aromatic carbocycles. The minimum atomic E-state index is -0.854. The summed E-state index contributed by atoms with van der Waals surface area (Å²) in [5.41, 5.74) is 6.48. The Morgan fingerprint density at radius 3 is 2.62 bits per heavy atom. The molecule has 0 N–H and O–H groups in total. The summed E-state index contributed by atoms with van der Waals surface area (Å²) in [7, 11) is 2.90. The Labute approximate surface area is 188 Å². The molecule has 0 saturated heterocycles. The van der Waals surface area contributed by atoms with Crippen molar-refractivity contribution in [3.8, 4) is 16.9 Å². The van der Waals surface area contributed by atoms with E-state index in [0.717, 1.165) is 83.5 Å². The number of hydrogen-bond acceptors (Lipinski definition) is 5. The van der Waals surface area contributed by atoms with Crippen molar-refractivity contribution in [1.29, 1.82) is 0 Å². The lowest BCUT2D eigenvalue weighted by molar-refractivity contribution is -0.428. The van der Waals surface area contributed by atoms with Gasteiger partial charge in [-0.15, -0.1) is 0 Å². The molecule has 0 spiro atoms. The third kappa shape index (κ3) is 3.92. The number of nitroso groups, excluding NO2 is 1. The van der Waals surface area contributed by atoms with Crippen LogP contribution in [-0.2, 0) is 20.7 Å². The number of carbonyl (C=O) groups is 1. The summed E-state index contributed by atoms with van der Waals surface area (Å²) >= 11 is 0. The van der Waals surface area contributed by atoms with E-state index in [9.17, 15) is 9.70 Å². The summed E-state index contributed by atoms with van der Waals surface area (Å²) in [5, 5.41) is 0. The van der Waals surface area contributed by atoms with Crippen LogP contribution in [0.5, 0.6) is 5.75 Å². The van der Waals surface area contributed by atoms with E-state index >= 15 is 0 Å². The van der Waals surface area contributed by atoms with Crippen LogP contribution in [0.4, 0.5) is 5.69 Å². The normalized spacial score (nSPS) is 18.5. The largest absolute Gasteiger partial charge is 0.493 e. The van der Waals surface area contributed by atoms with Crippen LogP contribution in [-0.4, -0.2) is 37.6 Å². The van der Waals surface area contributed by atoms with Gasteiger partial charge in [-0.05, 0) is 85.8 Å². The van der Waals surface area contributed by atoms with Gasteiger partial charge in [0, 0.05) is 26.9 Å². The second-order valence-electron chi connectivity index (χ2n) is 9.18. The van der Waals surface area contributed by atoms with Gasteiger partial charge in [-0.2, -0.15) is 0 Å². The van der Waals surface area contributed by atoms with Gasteiger partial charge >= 0.3 is 5.97 Å². The molecule has 3 aliphatic rings. The predicted molar refractivity (Wildman–Crippen MR) is 120 cm³/mol. The van der Waals surface area contributed by atoms with Crippen LogP contribution < -0.4 is 4.74 Å². The second kappa shape index (κ2) is 8.32. The Kier molecular flexibility index (Phi) is 5.49. The fourth-order valence-corrected chi connectivity index (χ4v) is 4.76. The minimum Gasteiger partial charge on any atom is -0.493 e. The van der Waals surface area contributed by atoms with Crippen LogP contribution in [0.2, 0.25) is 0 Å². The fraction of sp³-hybridized carbons (Fsp3) is 0.500. The zero-order chi connectivity index (χ0) is 22.4. The highest BCUT2D eigenvalue weighted by Crippen LogP contribution is 2.51. The number of aryl methyl sites for hydroxylation is 1. The molecule has 1 aliphatic heterocycles. The van der Waals surface area contributed by atoms with Gasteiger partial charge in [-0.3, -0.25) is 0 Å². The second-order valence-corrected chi connectivity index (χ2v) is 9.18. The number of methoxy groups -OCH3 is 1. The van der Waals surface area contributed by atoms with Crippen LogP contribution in [0.15, 0.2) is 24.3 Å². The molecule has 2 aliphatic carbocycles. The topological polar surface area (TPSA) is 64.8 Å². The number of hydrogen-bond donors (Lipinski definition) is 0. The van der Waals surface area contributed by atoms with Crippen molar-refractivity contribution in [1.82, 2.24) is 0 Å². The molecular formula is C26H30NO5+. The van der Waals surface area contributed by atoms with Gasteiger partial charge in [-0.1, -0.05) is 6.07 Å². The van der Waals surface area contributed by atoms with Gasteiger partial charge in [-0.25, -0.2) is 4.79 Å². The standard InChI is InChI=1S/C26H30NO5/c1-15-21(27(2)29)14-20(16-6-7-16)24(18-8-11-22-17(13-18)5-4-12-31-22)23(15)25(26(28)30-3)32-19-9-10-19/h8,11,13-14,16,19,25H,4-7,9-10,12H2,1-3H3/q+1. The molecule has 6 nitrogen and oxygen atoms in total. The Morgan fingerprint density at radius 1 is 1.19 bits per heavy atom. The predicted octanol–water partition coefficient (Wildman–Crippen LogP) is 5.30. The molecule has 2 saturated carbocycles. The van der Waals surface area contributed by atoms with Crippen molar-refractivity contribution in [3.63, 3.8) is 0 Å². The number of fused-ring (bicyclic) bond motifs is 1. The lowest BCUT2D eigenvalue weighted by atomic mass is 9.84. The summed E-state index contributed by atoms with van der Waals surface area (Å²) in [6, 6.07) is 8.30. The average Bonchev–Trinajstić information content (AvgIpc) is 3.71. The Balaban J connectivity index is 1.76. The monoisotopic (exact) mass is 436 g/mol. The number of ether oxygens (including phenoxy) is 3. The van der Waals surface area contributed by atoms with E-state index in [1.807, 2.05) is 19.1 Å². The first kappa shape index (κ1) is 21.1. The zero-order valence-electron chi connectivity index (χ0n) is 19.0. The lowest BCUT2D eigenvalue weighted by Gasteiger charge is -2.25. The van der Waals surface area contributed by atoms with Crippen LogP contribution in [0.3, 0.4) is 0 Å². The number of benzene rings is 2. The quantitative estimate of drug-likeness (QED) is 0.435. The molecular weight excluding hydrogens is 406 g/mol. The number of esters is 1. The molecule has 2 aromatic rings. The molecule has 5 rings (SSSR count). The average molecular weight is 437 g/mol. The molecule has 1 atom stereocenters. The Hall–Kier alpha value is -2.73. The van der Waals surface area contributed by atoms with Crippen LogP contribution in [0, 0.1) is 11.8 Å². The molecule has 2 fully saturated rings. The van der Waals surface area contributed by atoms with Gasteiger partial charge in [0.15, 0.2) is 13.2 Å². The summed E-state index contributed by atoms with van der Waals surface area (Å²) in [6.45, 7) is 2.65. The van der Waals surface area contributed by atoms with E-state index in [2.05, 4.69) is 12.1 Å². The van der Waals surface area contributed by atoms with E-state index in [4.69, 9.17) is 14.2 Å². The summed E-state index contributed by atoms with van der Waals surface area (Å²) in [5.74, 6) is 0.894.